The van der Waals surface area contributed by atoms with Gasteiger partial charge in [-0.05, 0) is 44.3 Å². The van der Waals surface area contributed by atoms with Crippen molar-refractivity contribution in [3.8, 4) is 12.1 Å². The molecule has 232 valence electrons. The van der Waals surface area contributed by atoms with E-state index in [1.807, 2.05) is 4.90 Å². The predicted molar refractivity (Wildman–Crippen MR) is 165 cm³/mol. The number of nitriles is 1. The van der Waals surface area contributed by atoms with E-state index >= 15 is 0 Å². The Morgan fingerprint density at radius 1 is 1.11 bits per heavy atom. The predicted octanol–water partition coefficient (Wildman–Crippen LogP) is 5.45. The smallest absolute Gasteiger partial charge is 0.318 e. The van der Waals surface area contributed by atoms with Crippen LogP contribution in [0.4, 0.5) is 24.7 Å². The molecule has 2 saturated heterocycles. The van der Waals surface area contributed by atoms with Crippen LogP contribution in [0.3, 0.4) is 0 Å². The van der Waals surface area contributed by atoms with E-state index < -0.39 is 12.0 Å². The van der Waals surface area contributed by atoms with E-state index in [1.54, 1.807) is 11.9 Å². The summed E-state index contributed by atoms with van der Waals surface area (Å²) in [5.41, 5.74) is 4.20. The van der Waals surface area contributed by atoms with Crippen LogP contribution in [0.5, 0.6) is 6.01 Å². The summed E-state index contributed by atoms with van der Waals surface area (Å²) in [6, 6.07) is 14.4. The number of alkyl halides is 2. The normalized spacial score (nSPS) is 22.3. The van der Waals surface area contributed by atoms with Crippen LogP contribution in [-0.4, -0.2) is 84.2 Å². The summed E-state index contributed by atoms with van der Waals surface area (Å²) in [6.45, 7) is 6.20. The highest BCUT2D eigenvalue weighted by Crippen LogP contribution is 2.36. The van der Waals surface area contributed by atoms with E-state index in [4.69, 9.17) is 14.7 Å². The van der Waals surface area contributed by atoms with Crippen molar-refractivity contribution in [1.29, 1.82) is 5.26 Å². The minimum Gasteiger partial charge on any atom is -0.462 e. The molecule has 0 amide bonds. The molecular weight excluding hydrogens is 567 g/mol. The van der Waals surface area contributed by atoms with Gasteiger partial charge in [-0.2, -0.15) is 15.2 Å². The topological polar surface area (TPSA) is 71.8 Å². The van der Waals surface area contributed by atoms with Gasteiger partial charge in [-0.25, -0.2) is 13.2 Å². The van der Waals surface area contributed by atoms with Crippen LogP contribution in [0.25, 0.3) is 10.8 Å². The summed E-state index contributed by atoms with van der Waals surface area (Å²) in [5.74, 6) is -2.31. The number of hydrogen-bond acceptors (Lipinski definition) is 8. The molecule has 44 heavy (non-hydrogen) atoms. The number of likely N-dealkylation sites (tertiary alicyclic amines) is 1. The third-order valence-corrected chi connectivity index (χ3v) is 9.00. The van der Waals surface area contributed by atoms with E-state index in [0.717, 1.165) is 29.3 Å². The number of fused-ring (bicyclic) bond motifs is 2. The number of aryl methyl sites for hydroxylation is 1. The number of anilines is 2. The highest BCUT2D eigenvalue weighted by atomic mass is 19.3. The SMILES string of the molecule is CC(F)=CN1CCN(c2nc(OC[C@@H]3CC(F)(F)CN3C)nc3c2CCN(c2cccc4cccc(C)c24)C3)C[C@@H]1CC#N. The monoisotopic (exact) mass is 605 g/mol. The molecule has 2 aromatic carbocycles. The first kappa shape index (κ1) is 30.0. The third kappa shape index (κ3) is 6.13. The maximum Gasteiger partial charge on any atom is 0.318 e. The summed E-state index contributed by atoms with van der Waals surface area (Å²) >= 11 is 0. The maximum atomic E-state index is 14.1. The lowest BCUT2D eigenvalue weighted by Gasteiger charge is -2.42. The Morgan fingerprint density at radius 3 is 2.64 bits per heavy atom. The van der Waals surface area contributed by atoms with Crippen molar-refractivity contribution in [1.82, 2.24) is 19.8 Å². The molecule has 3 aliphatic heterocycles. The van der Waals surface area contributed by atoms with Gasteiger partial charge >= 0.3 is 6.01 Å². The number of likely N-dealkylation sites (N-methyl/N-ethyl adjacent to an activating group) is 1. The van der Waals surface area contributed by atoms with Gasteiger partial charge in [0.1, 0.15) is 18.3 Å². The molecule has 4 heterocycles. The minimum atomic E-state index is -2.75. The van der Waals surface area contributed by atoms with Crippen LogP contribution in [0.15, 0.2) is 48.4 Å². The van der Waals surface area contributed by atoms with Gasteiger partial charge in [0.2, 0.25) is 0 Å². The van der Waals surface area contributed by atoms with Crippen molar-refractivity contribution in [3.05, 3.63) is 65.2 Å². The van der Waals surface area contributed by atoms with Gasteiger partial charge in [0.05, 0.1) is 37.3 Å². The van der Waals surface area contributed by atoms with E-state index in [9.17, 15) is 18.4 Å². The molecule has 0 saturated carbocycles. The van der Waals surface area contributed by atoms with Gasteiger partial charge in [0.25, 0.3) is 5.92 Å². The lowest BCUT2D eigenvalue weighted by Crippen LogP contribution is -2.51. The number of allylic oxidation sites excluding steroid dienone is 1. The maximum absolute atomic E-state index is 14.1. The molecule has 6 rings (SSSR count). The number of hydrogen-bond donors (Lipinski definition) is 0. The third-order valence-electron chi connectivity index (χ3n) is 9.00. The molecule has 0 radical (unpaired) electrons. The van der Waals surface area contributed by atoms with E-state index in [0.29, 0.717) is 32.6 Å². The second-order valence-corrected chi connectivity index (χ2v) is 12.2. The Labute approximate surface area is 256 Å². The van der Waals surface area contributed by atoms with Crippen molar-refractivity contribution in [2.24, 2.45) is 0 Å². The zero-order valence-electron chi connectivity index (χ0n) is 25.4. The van der Waals surface area contributed by atoms with Crippen molar-refractivity contribution >= 4 is 22.3 Å². The highest BCUT2D eigenvalue weighted by molar-refractivity contribution is 5.97. The second kappa shape index (κ2) is 12.2. The molecule has 0 aliphatic carbocycles. The van der Waals surface area contributed by atoms with Crippen molar-refractivity contribution in [2.75, 3.05) is 56.2 Å². The molecule has 0 bridgehead atoms. The largest absolute Gasteiger partial charge is 0.462 e. The Kier molecular flexibility index (Phi) is 8.29. The Hall–Kier alpha value is -4.04. The van der Waals surface area contributed by atoms with Gasteiger partial charge in [-0.3, -0.25) is 4.90 Å². The molecule has 0 spiro atoms. The van der Waals surface area contributed by atoms with Crippen molar-refractivity contribution < 1.29 is 17.9 Å². The van der Waals surface area contributed by atoms with E-state index in [1.165, 1.54) is 29.5 Å². The van der Waals surface area contributed by atoms with Crippen LogP contribution in [0.2, 0.25) is 0 Å². The molecule has 3 aromatic rings. The Morgan fingerprint density at radius 2 is 1.91 bits per heavy atom. The Bertz CT molecular complexity index is 1600. The summed E-state index contributed by atoms with van der Waals surface area (Å²) < 4.78 is 48.0. The number of benzene rings is 2. The molecule has 0 N–H and O–H groups in total. The lowest BCUT2D eigenvalue weighted by atomic mass is 9.99. The van der Waals surface area contributed by atoms with Gasteiger partial charge in [0, 0.05) is 61.5 Å². The Balaban J connectivity index is 1.33. The number of ether oxygens (including phenoxy) is 1. The molecule has 1 aromatic heterocycles. The zero-order valence-corrected chi connectivity index (χ0v) is 25.4. The lowest BCUT2D eigenvalue weighted by molar-refractivity contribution is 0.0136. The van der Waals surface area contributed by atoms with Crippen LogP contribution in [0.1, 0.15) is 36.6 Å². The minimum absolute atomic E-state index is 0.0575. The van der Waals surface area contributed by atoms with Crippen molar-refractivity contribution in [2.45, 2.75) is 57.7 Å². The summed E-state index contributed by atoms with van der Waals surface area (Å²) in [7, 11) is 1.68. The average Bonchev–Trinajstić information content (AvgIpc) is 3.26. The second-order valence-electron chi connectivity index (χ2n) is 12.2. The zero-order chi connectivity index (χ0) is 31.0. The molecule has 2 atom stereocenters. The van der Waals surface area contributed by atoms with Crippen LogP contribution < -0.4 is 14.5 Å². The first-order chi connectivity index (χ1) is 21.1. The van der Waals surface area contributed by atoms with Crippen molar-refractivity contribution in [3.63, 3.8) is 0 Å². The standard InChI is InChI=1S/C33H38F3N7O/c1-22-6-4-7-24-8-5-9-29(30(22)24)42-13-11-27-28(19-42)38-32(44-20-26-16-33(35,36)21-40(26)3)39-31(27)43-15-14-41(17-23(2)34)25(18-43)10-12-37/h4-9,17,25-26H,10-11,13-16,18-21H2,1-3H3/t25-,26-/m0/s1. The van der Waals surface area contributed by atoms with Gasteiger partial charge in [-0.1, -0.05) is 30.3 Å². The molecule has 2 fully saturated rings. The fourth-order valence-corrected chi connectivity index (χ4v) is 6.85. The molecule has 8 nitrogen and oxygen atoms in total. The summed E-state index contributed by atoms with van der Waals surface area (Å²) in [4.78, 5) is 17.7. The summed E-state index contributed by atoms with van der Waals surface area (Å²) in [6.07, 6.45) is 2.15. The molecule has 0 unspecified atom stereocenters. The van der Waals surface area contributed by atoms with Gasteiger partial charge in [-0.15, -0.1) is 0 Å². The number of rotatable bonds is 7. The fourth-order valence-electron chi connectivity index (χ4n) is 6.85. The number of halogens is 3. The van der Waals surface area contributed by atoms with Gasteiger partial charge < -0.3 is 19.4 Å². The molecule has 3 aliphatic rings. The average molecular weight is 606 g/mol. The molecule has 11 heteroatoms. The number of nitrogens with zero attached hydrogens (tertiary/aromatic N) is 7. The fraction of sp³-hybridized carbons (Fsp3) is 0.485. The first-order valence-electron chi connectivity index (χ1n) is 15.2. The van der Waals surface area contributed by atoms with Crippen LogP contribution in [0, 0.1) is 18.3 Å². The highest BCUT2D eigenvalue weighted by Gasteiger charge is 2.43. The van der Waals surface area contributed by atoms with E-state index in [2.05, 4.69) is 59.2 Å². The quantitative estimate of drug-likeness (QED) is 0.352. The number of piperazine rings is 1. The molecular formula is C33H38F3N7O. The van der Waals surface area contributed by atoms with E-state index in [-0.39, 0.29) is 43.9 Å². The van der Waals surface area contributed by atoms with Crippen LogP contribution in [-0.2, 0) is 13.0 Å². The van der Waals surface area contributed by atoms with Gasteiger partial charge in [0.15, 0.2) is 0 Å². The summed E-state index contributed by atoms with van der Waals surface area (Å²) in [5, 5.41) is 11.9. The first-order valence-corrected chi connectivity index (χ1v) is 15.2. The van der Waals surface area contributed by atoms with Crippen LogP contribution >= 0.6 is 0 Å². The number of aromatic nitrogens is 2.